The van der Waals surface area contributed by atoms with Gasteiger partial charge in [0.05, 0.1) is 5.02 Å². The molecular weight excluding hydrogens is 469 g/mol. The van der Waals surface area contributed by atoms with Crippen LogP contribution < -0.4 is 14.9 Å². The van der Waals surface area contributed by atoms with E-state index >= 15 is 0 Å². The van der Waals surface area contributed by atoms with Gasteiger partial charge < -0.3 is 15.1 Å². The third-order valence-electron chi connectivity index (χ3n) is 6.20. The van der Waals surface area contributed by atoms with Crippen LogP contribution in [-0.2, 0) is 15.0 Å². The minimum atomic E-state index is -3.89. The first-order valence-corrected chi connectivity index (χ1v) is 12.5. The highest BCUT2D eigenvalue weighted by atomic mass is 35.5. The van der Waals surface area contributed by atoms with Crippen LogP contribution in [0.25, 0.3) is 0 Å². The predicted octanol–water partition coefficient (Wildman–Crippen LogP) is 2.45. The van der Waals surface area contributed by atoms with Gasteiger partial charge in [-0.25, -0.2) is 4.39 Å². The van der Waals surface area contributed by atoms with E-state index < -0.39 is 34.0 Å². The number of anilines is 2. The maximum Gasteiger partial charge on any atom is 0.280 e. The van der Waals surface area contributed by atoms with E-state index in [9.17, 15) is 17.6 Å². The molecule has 8 nitrogen and oxygen atoms in total. The zero-order valence-corrected chi connectivity index (χ0v) is 20.0. The third kappa shape index (κ3) is 5.30. The summed E-state index contributed by atoms with van der Waals surface area (Å²) in [4.78, 5) is 17.5. The van der Waals surface area contributed by atoms with Crippen molar-refractivity contribution >= 4 is 39.1 Å². The van der Waals surface area contributed by atoms with Crippen LogP contribution in [0.1, 0.15) is 18.0 Å². The molecule has 0 bridgehead atoms. The van der Waals surface area contributed by atoms with E-state index in [2.05, 4.69) is 26.9 Å². The fourth-order valence-corrected chi connectivity index (χ4v) is 5.58. The van der Waals surface area contributed by atoms with Gasteiger partial charge in [-0.15, -0.1) is 0 Å². The number of carbonyl (C=O) groups is 1. The number of rotatable bonds is 4. The van der Waals surface area contributed by atoms with E-state index in [0.29, 0.717) is 5.69 Å². The zero-order chi connectivity index (χ0) is 23.8. The topological polar surface area (TPSA) is 85.0 Å². The number of hydrogen-bond donors (Lipinski definition) is 2. The molecule has 2 atom stereocenters. The van der Waals surface area contributed by atoms with Crippen molar-refractivity contribution in [3.8, 4) is 0 Å². The zero-order valence-electron chi connectivity index (χ0n) is 18.5. The largest absolute Gasteiger partial charge is 0.369 e. The molecule has 33 heavy (non-hydrogen) atoms. The summed E-state index contributed by atoms with van der Waals surface area (Å²) in [5.41, 5.74) is 2.12. The van der Waals surface area contributed by atoms with Crippen molar-refractivity contribution in [2.45, 2.75) is 18.5 Å². The van der Waals surface area contributed by atoms with Gasteiger partial charge in [-0.2, -0.15) is 17.4 Å². The summed E-state index contributed by atoms with van der Waals surface area (Å²) in [6.45, 7) is 3.70. The van der Waals surface area contributed by atoms with Gasteiger partial charge in [0.15, 0.2) is 0 Å². The Balaban J connectivity index is 1.54. The highest BCUT2D eigenvalue weighted by Crippen LogP contribution is 2.31. The SMILES string of the molecule is CN1CCN(c2cccc([C@@H]3C[C@H](C(=O)Nc4ccc(F)c(Cl)c4)N(C)S(=O)(=O)N3)c2)CC1. The lowest BCUT2D eigenvalue weighted by molar-refractivity contribution is -0.120. The maximum absolute atomic E-state index is 13.4. The number of benzene rings is 2. The van der Waals surface area contributed by atoms with Gasteiger partial charge in [0.25, 0.3) is 10.2 Å². The smallest absolute Gasteiger partial charge is 0.280 e. The molecule has 2 aliphatic heterocycles. The van der Waals surface area contributed by atoms with Gasteiger partial charge in [-0.05, 0) is 49.4 Å². The Morgan fingerprint density at radius 3 is 2.55 bits per heavy atom. The first kappa shape index (κ1) is 23.9. The molecule has 0 unspecified atom stereocenters. The fraction of sp³-hybridized carbons (Fsp3) is 0.409. The van der Waals surface area contributed by atoms with Crippen molar-refractivity contribution in [3.63, 3.8) is 0 Å². The van der Waals surface area contributed by atoms with Gasteiger partial charge in [-0.1, -0.05) is 23.7 Å². The van der Waals surface area contributed by atoms with Crippen molar-refractivity contribution in [1.82, 2.24) is 13.9 Å². The minimum absolute atomic E-state index is 0.127. The molecule has 0 saturated carbocycles. The van der Waals surface area contributed by atoms with Gasteiger partial charge in [0.1, 0.15) is 11.9 Å². The lowest BCUT2D eigenvalue weighted by Crippen LogP contribution is -2.56. The lowest BCUT2D eigenvalue weighted by atomic mass is 9.98. The molecule has 0 radical (unpaired) electrons. The van der Waals surface area contributed by atoms with Crippen LogP contribution in [0, 0.1) is 5.82 Å². The molecule has 0 aliphatic carbocycles. The molecule has 2 heterocycles. The third-order valence-corrected chi connectivity index (χ3v) is 8.08. The molecular formula is C22H27ClFN5O3S. The van der Waals surface area contributed by atoms with Crippen LogP contribution in [-0.4, -0.2) is 69.8 Å². The highest BCUT2D eigenvalue weighted by molar-refractivity contribution is 7.87. The molecule has 178 valence electrons. The second-order valence-electron chi connectivity index (χ2n) is 8.45. The normalized spacial score (nSPS) is 23.9. The number of halogens is 2. The Labute approximate surface area is 198 Å². The molecule has 0 aromatic heterocycles. The Morgan fingerprint density at radius 1 is 1.12 bits per heavy atom. The molecule has 0 spiro atoms. The summed E-state index contributed by atoms with van der Waals surface area (Å²) >= 11 is 5.80. The van der Waals surface area contributed by atoms with Crippen LogP contribution in [0.3, 0.4) is 0 Å². The Bertz CT molecular complexity index is 1140. The summed E-state index contributed by atoms with van der Waals surface area (Å²) in [5, 5.41) is 2.52. The maximum atomic E-state index is 13.4. The summed E-state index contributed by atoms with van der Waals surface area (Å²) in [6.07, 6.45) is 0.239. The number of nitrogens with one attached hydrogen (secondary N) is 2. The lowest BCUT2D eigenvalue weighted by Gasteiger charge is -2.37. The number of carbonyl (C=O) groups excluding carboxylic acids is 1. The Hall–Kier alpha value is -2.24. The van der Waals surface area contributed by atoms with Crippen LogP contribution in [0.4, 0.5) is 15.8 Å². The van der Waals surface area contributed by atoms with E-state index in [1.54, 1.807) is 0 Å². The van der Waals surface area contributed by atoms with Crippen molar-refractivity contribution < 1.29 is 17.6 Å². The molecule has 2 aliphatic rings. The standard InChI is InChI=1S/C22H27ClFN5O3S/c1-27-8-10-29(11-9-27)17-5-3-4-15(12-17)20-14-21(28(2)33(31,32)26-20)22(30)25-16-6-7-19(24)18(23)13-16/h3-7,12-13,20-21,26H,8-11,14H2,1-2H3,(H,25,30)/t20-,21+/m0/s1. The molecule has 11 heteroatoms. The number of likely N-dealkylation sites (N-methyl/N-ethyl adjacent to an activating group) is 2. The fourth-order valence-electron chi connectivity index (χ4n) is 4.13. The average Bonchev–Trinajstić information content (AvgIpc) is 2.78. The predicted molar refractivity (Wildman–Crippen MR) is 127 cm³/mol. The van der Waals surface area contributed by atoms with E-state index in [1.165, 1.54) is 19.2 Å². The van der Waals surface area contributed by atoms with E-state index in [4.69, 9.17) is 11.6 Å². The Morgan fingerprint density at radius 2 is 1.85 bits per heavy atom. The van der Waals surface area contributed by atoms with Crippen molar-refractivity contribution in [3.05, 3.63) is 58.9 Å². The highest BCUT2D eigenvalue weighted by Gasteiger charge is 2.40. The van der Waals surface area contributed by atoms with Crippen LogP contribution in [0.2, 0.25) is 5.02 Å². The number of nitrogens with zero attached hydrogens (tertiary/aromatic N) is 3. The summed E-state index contributed by atoms with van der Waals surface area (Å²) in [5.74, 6) is -1.11. The van der Waals surface area contributed by atoms with E-state index in [1.807, 2.05) is 24.3 Å². The van der Waals surface area contributed by atoms with Gasteiger partial charge in [-0.3, -0.25) is 4.79 Å². The molecule has 1 amide bonds. The van der Waals surface area contributed by atoms with E-state index in [0.717, 1.165) is 47.8 Å². The summed E-state index contributed by atoms with van der Waals surface area (Å²) in [7, 11) is -0.437. The monoisotopic (exact) mass is 495 g/mol. The average molecular weight is 496 g/mol. The van der Waals surface area contributed by atoms with Gasteiger partial charge in [0, 0.05) is 50.6 Å². The molecule has 2 aromatic rings. The number of piperazine rings is 1. The quantitative estimate of drug-likeness (QED) is 0.680. The molecule has 2 aromatic carbocycles. The van der Waals surface area contributed by atoms with Crippen LogP contribution in [0.15, 0.2) is 42.5 Å². The minimum Gasteiger partial charge on any atom is -0.369 e. The summed E-state index contributed by atoms with van der Waals surface area (Å²) in [6, 6.07) is 10.1. The second-order valence-corrected chi connectivity index (χ2v) is 10.6. The number of hydrogen-bond acceptors (Lipinski definition) is 5. The van der Waals surface area contributed by atoms with Crippen molar-refractivity contribution in [2.24, 2.45) is 0 Å². The Kier molecular flexibility index (Phi) is 6.92. The van der Waals surface area contributed by atoms with Crippen molar-refractivity contribution in [1.29, 1.82) is 0 Å². The number of amides is 1. The molecule has 2 saturated heterocycles. The molecule has 4 rings (SSSR count). The van der Waals surface area contributed by atoms with Crippen LogP contribution >= 0.6 is 11.6 Å². The van der Waals surface area contributed by atoms with Crippen molar-refractivity contribution in [2.75, 3.05) is 50.5 Å². The second kappa shape index (κ2) is 9.55. The van der Waals surface area contributed by atoms with E-state index in [-0.39, 0.29) is 11.4 Å². The van der Waals surface area contributed by atoms with Crippen LogP contribution in [0.5, 0.6) is 0 Å². The first-order chi connectivity index (χ1) is 15.6. The molecule has 2 fully saturated rings. The van der Waals surface area contributed by atoms with Gasteiger partial charge in [0.2, 0.25) is 5.91 Å². The summed E-state index contributed by atoms with van der Waals surface area (Å²) < 4.78 is 42.7. The van der Waals surface area contributed by atoms with Gasteiger partial charge >= 0.3 is 0 Å². The molecule has 2 N–H and O–H groups in total. The first-order valence-electron chi connectivity index (χ1n) is 10.7.